The normalized spacial score (nSPS) is 11.8. The minimum absolute atomic E-state index is 0.172. The Balaban J connectivity index is 1.65. The molecule has 3 aromatic heterocycles. The lowest BCUT2D eigenvalue weighted by Gasteiger charge is -2.09. The lowest BCUT2D eigenvalue weighted by Crippen LogP contribution is -1.99. The van der Waals surface area contributed by atoms with E-state index in [2.05, 4.69) is 25.5 Å². The molecule has 0 aliphatic rings. The first kappa shape index (κ1) is 16.6. The number of fused-ring (bicyclic) bond motifs is 1. The highest BCUT2D eigenvalue weighted by molar-refractivity contribution is 7.90. The Kier molecular flexibility index (Phi) is 3.93. The number of hydrogen-bond donors (Lipinski definition) is 3. The third-order valence-electron chi connectivity index (χ3n) is 3.94. The zero-order chi connectivity index (χ0) is 18.3. The van der Waals surface area contributed by atoms with Gasteiger partial charge in [0.15, 0.2) is 9.84 Å². The first-order chi connectivity index (χ1) is 12.4. The van der Waals surface area contributed by atoms with Crippen molar-refractivity contribution in [2.75, 3.05) is 11.6 Å². The van der Waals surface area contributed by atoms with Gasteiger partial charge in [-0.3, -0.25) is 5.10 Å². The summed E-state index contributed by atoms with van der Waals surface area (Å²) >= 11 is 6.20. The van der Waals surface area contributed by atoms with Gasteiger partial charge >= 0.3 is 0 Å². The third kappa shape index (κ3) is 3.16. The molecule has 0 saturated heterocycles. The minimum Gasteiger partial charge on any atom is -0.354 e. The van der Waals surface area contributed by atoms with E-state index in [-0.39, 0.29) is 4.90 Å². The van der Waals surface area contributed by atoms with Crippen LogP contribution in [0.5, 0.6) is 0 Å². The van der Waals surface area contributed by atoms with Crippen molar-refractivity contribution in [3.05, 3.63) is 53.9 Å². The van der Waals surface area contributed by atoms with Crippen molar-refractivity contribution in [1.29, 1.82) is 0 Å². The number of hydrogen-bond acceptors (Lipinski definition) is 5. The van der Waals surface area contributed by atoms with E-state index in [4.69, 9.17) is 11.6 Å². The molecule has 0 atom stereocenters. The number of halogens is 1. The van der Waals surface area contributed by atoms with Crippen LogP contribution in [0, 0.1) is 0 Å². The summed E-state index contributed by atoms with van der Waals surface area (Å²) in [7, 11) is -3.30. The van der Waals surface area contributed by atoms with E-state index in [9.17, 15) is 8.42 Å². The van der Waals surface area contributed by atoms with Gasteiger partial charge in [0.2, 0.25) is 0 Å². The highest BCUT2D eigenvalue weighted by atomic mass is 35.5. The van der Waals surface area contributed by atoms with Gasteiger partial charge in [-0.15, -0.1) is 0 Å². The van der Waals surface area contributed by atoms with Gasteiger partial charge in [0, 0.05) is 41.4 Å². The van der Waals surface area contributed by atoms with Crippen molar-refractivity contribution in [3.63, 3.8) is 0 Å². The Morgan fingerprint density at radius 3 is 2.69 bits per heavy atom. The summed E-state index contributed by atoms with van der Waals surface area (Å²) in [5.41, 5.74) is 3.37. The maximum absolute atomic E-state index is 11.6. The Hall–Kier alpha value is -2.84. The number of sulfone groups is 1. The maximum Gasteiger partial charge on any atom is 0.175 e. The van der Waals surface area contributed by atoms with Crippen LogP contribution in [0.15, 0.2) is 53.8 Å². The number of nitrogens with zero attached hydrogens (tertiary/aromatic N) is 2. The average Bonchev–Trinajstić information content (AvgIpc) is 3.24. The highest BCUT2D eigenvalue weighted by Crippen LogP contribution is 2.29. The van der Waals surface area contributed by atoms with Gasteiger partial charge < -0.3 is 10.3 Å². The lowest BCUT2D eigenvalue weighted by atomic mass is 10.2. The lowest BCUT2D eigenvalue weighted by molar-refractivity contribution is 0.602. The molecular formula is C17H14ClN5O2S. The molecule has 3 heterocycles. The van der Waals surface area contributed by atoms with Crippen LogP contribution >= 0.6 is 11.6 Å². The van der Waals surface area contributed by atoms with Crippen LogP contribution in [0.4, 0.5) is 11.5 Å². The zero-order valence-corrected chi connectivity index (χ0v) is 15.2. The standard InChI is InChI=1S/C17H14ClN5O2S/c1-26(24,25)12-2-3-14(13(18)5-12)23-17-6-16-10(7-19-17)4-15(22-16)11-8-20-21-9-11/h2-9,22H,1H3,(H,19,23)(H,20,21). The van der Waals surface area contributed by atoms with E-state index in [1.54, 1.807) is 24.7 Å². The molecule has 9 heteroatoms. The summed E-state index contributed by atoms with van der Waals surface area (Å²) in [5, 5.41) is 11.1. The summed E-state index contributed by atoms with van der Waals surface area (Å²) in [5.74, 6) is 0.590. The molecule has 0 spiro atoms. The molecule has 0 aliphatic carbocycles. The Morgan fingerprint density at radius 1 is 1.15 bits per heavy atom. The van der Waals surface area contributed by atoms with E-state index < -0.39 is 9.84 Å². The molecule has 132 valence electrons. The molecule has 0 fully saturated rings. The number of rotatable bonds is 4. The molecule has 3 N–H and O–H groups in total. The van der Waals surface area contributed by atoms with Crippen molar-refractivity contribution in [2.24, 2.45) is 0 Å². The first-order valence-electron chi connectivity index (χ1n) is 7.65. The van der Waals surface area contributed by atoms with Crippen molar-refractivity contribution in [2.45, 2.75) is 4.90 Å². The van der Waals surface area contributed by atoms with Crippen LogP contribution in [0.3, 0.4) is 0 Å². The SMILES string of the molecule is CS(=O)(=O)c1ccc(Nc2cc3[nH]c(-c4cn[nH]c4)cc3cn2)c(Cl)c1. The van der Waals surface area contributed by atoms with Gasteiger partial charge in [-0.25, -0.2) is 13.4 Å². The summed E-state index contributed by atoms with van der Waals surface area (Å²) in [6.07, 6.45) is 6.43. The highest BCUT2D eigenvalue weighted by Gasteiger charge is 2.11. The average molecular weight is 388 g/mol. The largest absolute Gasteiger partial charge is 0.354 e. The van der Waals surface area contributed by atoms with E-state index in [1.807, 2.05) is 12.1 Å². The van der Waals surface area contributed by atoms with Gasteiger partial charge in [-0.1, -0.05) is 11.6 Å². The van der Waals surface area contributed by atoms with Gasteiger partial charge in [0.1, 0.15) is 5.82 Å². The molecule has 4 rings (SSSR count). The quantitative estimate of drug-likeness (QED) is 0.494. The van der Waals surface area contributed by atoms with Crippen molar-refractivity contribution in [3.8, 4) is 11.3 Å². The van der Waals surface area contributed by atoms with Gasteiger partial charge in [0.05, 0.1) is 27.3 Å². The molecule has 7 nitrogen and oxygen atoms in total. The van der Waals surface area contributed by atoms with E-state index in [0.717, 1.165) is 28.4 Å². The molecule has 0 amide bonds. The third-order valence-corrected chi connectivity index (χ3v) is 5.37. The van der Waals surface area contributed by atoms with Crippen LogP contribution in [-0.4, -0.2) is 34.8 Å². The van der Waals surface area contributed by atoms with E-state index >= 15 is 0 Å². The van der Waals surface area contributed by atoms with Gasteiger partial charge in [-0.2, -0.15) is 5.10 Å². The summed E-state index contributed by atoms with van der Waals surface area (Å²) in [6, 6.07) is 8.40. The van der Waals surface area contributed by atoms with E-state index in [1.165, 1.54) is 12.1 Å². The molecule has 1 aromatic carbocycles. The summed E-state index contributed by atoms with van der Waals surface area (Å²) in [4.78, 5) is 7.86. The molecule has 0 aliphatic heterocycles. The number of H-pyrrole nitrogens is 2. The first-order valence-corrected chi connectivity index (χ1v) is 9.92. The smallest absolute Gasteiger partial charge is 0.175 e. The van der Waals surface area contributed by atoms with Crippen LogP contribution in [0.1, 0.15) is 0 Å². The molecule has 0 unspecified atom stereocenters. The fourth-order valence-corrected chi connectivity index (χ4v) is 3.55. The van der Waals surface area contributed by atoms with Crippen molar-refractivity contribution < 1.29 is 8.42 Å². The summed E-state index contributed by atoms with van der Waals surface area (Å²) < 4.78 is 23.2. The Labute approximate surface area is 154 Å². The predicted molar refractivity (Wildman–Crippen MR) is 102 cm³/mol. The molecule has 0 saturated carbocycles. The van der Waals surface area contributed by atoms with Crippen LogP contribution in [0.2, 0.25) is 5.02 Å². The van der Waals surface area contributed by atoms with Crippen molar-refractivity contribution >= 4 is 43.8 Å². The second-order valence-electron chi connectivity index (χ2n) is 5.87. The van der Waals surface area contributed by atoms with Crippen LogP contribution in [-0.2, 0) is 9.84 Å². The van der Waals surface area contributed by atoms with Gasteiger partial charge in [0.25, 0.3) is 0 Å². The number of benzene rings is 1. The molecule has 4 aromatic rings. The van der Waals surface area contributed by atoms with Crippen molar-refractivity contribution in [1.82, 2.24) is 20.2 Å². The van der Waals surface area contributed by atoms with Crippen LogP contribution < -0.4 is 5.32 Å². The second kappa shape index (κ2) is 6.15. The Morgan fingerprint density at radius 2 is 2.00 bits per heavy atom. The van der Waals surface area contributed by atoms with Gasteiger partial charge in [-0.05, 0) is 24.3 Å². The predicted octanol–water partition coefficient (Wildman–Crippen LogP) is 3.75. The zero-order valence-electron chi connectivity index (χ0n) is 13.6. The van der Waals surface area contributed by atoms with Crippen LogP contribution in [0.25, 0.3) is 22.2 Å². The number of pyridine rings is 1. The molecule has 0 radical (unpaired) electrons. The fraction of sp³-hybridized carbons (Fsp3) is 0.0588. The van der Waals surface area contributed by atoms with E-state index in [0.29, 0.717) is 16.5 Å². The topological polar surface area (TPSA) is 104 Å². The molecule has 26 heavy (non-hydrogen) atoms. The molecular weight excluding hydrogens is 374 g/mol. The number of aromatic amines is 2. The fourth-order valence-electron chi connectivity index (χ4n) is 2.61. The second-order valence-corrected chi connectivity index (χ2v) is 8.29. The summed E-state index contributed by atoms with van der Waals surface area (Å²) in [6.45, 7) is 0. The minimum atomic E-state index is -3.30. The number of anilines is 2. The number of aromatic nitrogens is 4. The molecule has 0 bridgehead atoms. The maximum atomic E-state index is 11.6. The Bertz CT molecular complexity index is 1200. The number of nitrogens with one attached hydrogen (secondary N) is 3. The monoisotopic (exact) mass is 387 g/mol.